The van der Waals surface area contributed by atoms with E-state index in [0.717, 1.165) is 49.2 Å². The van der Waals surface area contributed by atoms with Gasteiger partial charge < -0.3 is 14.7 Å². The van der Waals surface area contributed by atoms with Crippen LogP contribution in [0, 0.1) is 18.8 Å². The van der Waals surface area contributed by atoms with Crippen LogP contribution in [-0.4, -0.2) is 4.98 Å². The number of para-hydroxylation sites is 4. The summed E-state index contributed by atoms with van der Waals surface area (Å²) in [4.78, 5) is 12.3. The fourth-order valence-corrected chi connectivity index (χ4v) is 8.65. The first-order valence-electron chi connectivity index (χ1n) is 23.9. The van der Waals surface area contributed by atoms with Crippen LogP contribution in [0.15, 0.2) is 216 Å². The summed E-state index contributed by atoms with van der Waals surface area (Å²) < 4.78 is 87.1. The average molecular weight is 977 g/mol. The fourth-order valence-electron chi connectivity index (χ4n) is 7.82. The molecule has 11 rings (SSSR count). The molecule has 1 aromatic heterocycles. The number of aromatic nitrogens is 1. The molecule has 0 saturated heterocycles. The maximum Gasteiger partial charge on any atom is 0.135 e. The van der Waals surface area contributed by atoms with Gasteiger partial charge in [-0.2, -0.15) is 24.3 Å². The molecule has 0 bridgehead atoms. The molecule has 8 aromatic carbocycles. The van der Waals surface area contributed by atoms with Gasteiger partial charge in [0.25, 0.3) is 0 Å². The zero-order valence-electron chi connectivity index (χ0n) is 41.4. The quantitative estimate of drug-likeness (QED) is 0.148. The second-order valence-electron chi connectivity index (χ2n) is 13.7. The van der Waals surface area contributed by atoms with Gasteiger partial charge in [0.1, 0.15) is 5.82 Å². The van der Waals surface area contributed by atoms with E-state index in [0.29, 0.717) is 17.1 Å². The zero-order chi connectivity index (χ0) is 47.8. The van der Waals surface area contributed by atoms with E-state index in [2.05, 4.69) is 59.5 Å². The Balaban J connectivity index is 0.00000567. The SMILES string of the molecule is [2H]c1c([2H])c([2H])c(-c2cccc(-c3c([2H])c([2H])c([2H])c([2H])c3[2H])c2N2[CH-]N(c3[c-]c(Sc4[c-]c5c(cc4)-c4ccccc4-c4ccccc4N5c4ccccn4)ccc3)c3ccccc32)c([2H])c1[2H].[Pt]. The predicted octanol–water partition coefficient (Wildman–Crippen LogP) is 14.7. The number of rotatable bonds is 7. The first-order valence-corrected chi connectivity index (χ1v) is 19.7. The molecule has 0 spiro atoms. The molecule has 2 aliphatic rings. The molecule has 290 valence electrons. The van der Waals surface area contributed by atoms with Gasteiger partial charge in [-0.1, -0.05) is 151 Å². The molecule has 60 heavy (non-hydrogen) atoms. The van der Waals surface area contributed by atoms with Gasteiger partial charge in [0, 0.05) is 61.0 Å². The summed E-state index contributed by atoms with van der Waals surface area (Å²) >= 11 is 1.49. The Morgan fingerprint density at radius 1 is 0.483 bits per heavy atom. The maximum atomic E-state index is 9.03. The molecule has 9 aromatic rings. The largest absolute Gasteiger partial charge is 0.493 e. The zero-order valence-corrected chi connectivity index (χ0v) is 34.5. The summed E-state index contributed by atoms with van der Waals surface area (Å²) in [6.07, 6.45) is 1.79. The van der Waals surface area contributed by atoms with Gasteiger partial charge in [-0.05, 0) is 47.0 Å². The van der Waals surface area contributed by atoms with E-state index in [-0.39, 0.29) is 49.0 Å². The van der Waals surface area contributed by atoms with Gasteiger partial charge in [0.15, 0.2) is 0 Å². The van der Waals surface area contributed by atoms with Crippen LogP contribution < -0.4 is 14.7 Å². The minimum absolute atomic E-state index is 0. The molecule has 0 radical (unpaired) electrons. The van der Waals surface area contributed by atoms with Crippen molar-refractivity contribution in [3.05, 3.63) is 225 Å². The van der Waals surface area contributed by atoms with Crippen LogP contribution in [0.5, 0.6) is 0 Å². The van der Waals surface area contributed by atoms with E-state index in [1.165, 1.54) is 11.8 Å². The summed E-state index contributed by atoms with van der Waals surface area (Å²) in [5.41, 5.74) is 8.48. The van der Waals surface area contributed by atoms with Crippen molar-refractivity contribution in [2.24, 2.45) is 0 Å². The molecule has 0 saturated carbocycles. The Kier molecular flexibility index (Phi) is 7.53. The second kappa shape index (κ2) is 16.2. The minimum Gasteiger partial charge on any atom is -0.493 e. The van der Waals surface area contributed by atoms with Crippen LogP contribution in [0.25, 0.3) is 44.5 Å². The van der Waals surface area contributed by atoms with E-state index in [4.69, 9.17) is 18.7 Å². The Hall–Kier alpha value is -6.65. The molecule has 0 N–H and O–H groups in total. The van der Waals surface area contributed by atoms with Crippen LogP contribution in [0.4, 0.5) is 39.9 Å². The van der Waals surface area contributed by atoms with Crippen LogP contribution in [0.3, 0.4) is 0 Å². The molecule has 0 fully saturated rings. The molecule has 0 aliphatic carbocycles. The Morgan fingerprint density at radius 3 is 1.73 bits per heavy atom. The third-order valence-electron chi connectivity index (χ3n) is 10.3. The average Bonchev–Trinajstić information content (AvgIpc) is 3.71. The van der Waals surface area contributed by atoms with E-state index >= 15 is 0 Å². The van der Waals surface area contributed by atoms with E-state index in [9.17, 15) is 0 Å². The number of hydrogen-bond acceptors (Lipinski definition) is 5. The number of hydrogen-bond donors (Lipinski definition) is 0. The third kappa shape index (κ3) is 6.70. The van der Waals surface area contributed by atoms with Crippen LogP contribution in [-0.2, 0) is 21.1 Å². The summed E-state index contributed by atoms with van der Waals surface area (Å²) in [5, 5.41) is 0. The molecule has 6 heteroatoms. The summed E-state index contributed by atoms with van der Waals surface area (Å²) in [6, 6.07) is 47.2. The first kappa shape index (κ1) is 27.9. The summed E-state index contributed by atoms with van der Waals surface area (Å²) in [7, 11) is 0. The van der Waals surface area contributed by atoms with Gasteiger partial charge in [0.2, 0.25) is 0 Å². The van der Waals surface area contributed by atoms with Gasteiger partial charge >= 0.3 is 0 Å². The molecule has 4 nitrogen and oxygen atoms in total. The van der Waals surface area contributed by atoms with E-state index < -0.39 is 60.4 Å². The maximum absolute atomic E-state index is 9.03. The van der Waals surface area contributed by atoms with Crippen LogP contribution >= 0.6 is 11.8 Å². The first-order chi connectivity index (χ1) is 33.4. The molecular formula is C54H35N4PtS-3. The molecular weight excluding hydrogens is 932 g/mol. The smallest absolute Gasteiger partial charge is 0.135 e. The van der Waals surface area contributed by atoms with Crippen LogP contribution in [0.1, 0.15) is 13.7 Å². The van der Waals surface area contributed by atoms with Crippen molar-refractivity contribution >= 4 is 51.7 Å². The molecule has 0 atom stereocenters. The van der Waals surface area contributed by atoms with Crippen molar-refractivity contribution in [1.82, 2.24) is 4.98 Å². The van der Waals surface area contributed by atoms with Gasteiger partial charge in [-0.25, -0.2) is 4.98 Å². The standard InChI is InChI=1S/C54H35N4S.Pt/c1-3-17-38(18-4-1)43-26-16-27-44(39-19-5-2-6-20-39)54(43)57-37-56(50-29-11-12-30-51(50)57)40-21-15-22-41(35-40)59-42-32-33-48-46-24-8-7-23-45(46)47-25-9-10-28-49(47)58(52(48)36-42)53-31-13-14-34-55-53;/h1-34,37H;/q-3;/i1D,2D,3D,4D,5D,6D,17D,18D,19D,20D;. The molecule has 2 aliphatic heterocycles. The Morgan fingerprint density at radius 2 is 1.05 bits per heavy atom. The molecule has 3 heterocycles. The second-order valence-corrected chi connectivity index (χ2v) is 14.8. The van der Waals surface area contributed by atoms with Crippen molar-refractivity contribution in [2.45, 2.75) is 9.79 Å². The number of benzene rings is 8. The summed E-state index contributed by atoms with van der Waals surface area (Å²) in [5.74, 6) is 0.752. The van der Waals surface area contributed by atoms with Crippen molar-refractivity contribution in [2.75, 3.05) is 14.7 Å². The van der Waals surface area contributed by atoms with Gasteiger partial charge in [-0.15, -0.1) is 57.7 Å². The normalized spacial score (nSPS) is 14.8. The van der Waals surface area contributed by atoms with Crippen molar-refractivity contribution in [1.29, 1.82) is 0 Å². The van der Waals surface area contributed by atoms with Gasteiger partial charge in [0.05, 0.1) is 19.4 Å². The summed E-state index contributed by atoms with van der Waals surface area (Å²) in [6.45, 7) is 1.78. The van der Waals surface area contributed by atoms with E-state index in [1.807, 2.05) is 83.8 Å². The molecule has 0 amide bonds. The number of anilines is 7. The minimum atomic E-state index is -0.556. The molecule has 0 unspecified atom stereocenters. The monoisotopic (exact) mass is 976 g/mol. The topological polar surface area (TPSA) is 22.6 Å². The Labute approximate surface area is 383 Å². The number of pyridine rings is 1. The van der Waals surface area contributed by atoms with Crippen molar-refractivity contribution < 1.29 is 34.8 Å². The Bertz CT molecular complexity index is 3430. The van der Waals surface area contributed by atoms with Crippen molar-refractivity contribution in [3.8, 4) is 44.5 Å². The van der Waals surface area contributed by atoms with Gasteiger partial charge in [-0.3, -0.25) is 0 Å². The fraction of sp³-hybridized carbons (Fsp3) is 0. The predicted molar refractivity (Wildman–Crippen MR) is 244 cm³/mol. The number of fused-ring (bicyclic) bond motifs is 6. The number of nitrogens with zero attached hydrogens (tertiary/aromatic N) is 4. The van der Waals surface area contributed by atoms with Crippen molar-refractivity contribution in [3.63, 3.8) is 0 Å². The van der Waals surface area contributed by atoms with E-state index in [1.54, 1.807) is 36.0 Å². The van der Waals surface area contributed by atoms with Crippen LogP contribution in [0.2, 0.25) is 0 Å². The third-order valence-corrected chi connectivity index (χ3v) is 11.2.